The molecule has 0 radical (unpaired) electrons. The molecule has 5 heteroatoms. The SMILES string of the molecule is CC/C=C\C/C=C\C/C=C\C/C=C\CC(O)C(O)CCC(O)C(=O)O. The molecule has 0 aromatic heterocycles. The molecule has 0 saturated heterocycles. The standard InChI is InChI=1S/C20H32O5/c1-2-3-4-5-6-7-8-9-10-11-12-13-14-17(21)18(22)15-16-19(23)20(24)25/h3-4,6-7,9-10,12-13,17-19,21-23H,2,5,8,11,14-16H2,1H3,(H,24,25)/b4-3-,7-6-,10-9-,13-12-. The first-order valence-corrected chi connectivity index (χ1v) is 8.86. The van der Waals surface area contributed by atoms with Gasteiger partial charge < -0.3 is 20.4 Å². The van der Waals surface area contributed by atoms with Crippen molar-refractivity contribution in [2.45, 2.75) is 70.2 Å². The normalized spacial score (nSPS) is 16.3. The molecule has 0 heterocycles. The zero-order valence-electron chi connectivity index (χ0n) is 15.0. The van der Waals surface area contributed by atoms with Gasteiger partial charge in [-0.15, -0.1) is 0 Å². The predicted octanol–water partition coefficient (Wildman–Crippen LogP) is 3.13. The fourth-order valence-corrected chi connectivity index (χ4v) is 2.02. The average molecular weight is 352 g/mol. The van der Waals surface area contributed by atoms with Crippen LogP contribution < -0.4 is 0 Å². The number of carbonyl (C=O) groups is 1. The van der Waals surface area contributed by atoms with E-state index in [1.54, 1.807) is 6.08 Å². The first kappa shape index (κ1) is 23.3. The summed E-state index contributed by atoms with van der Waals surface area (Å²) in [5.74, 6) is -1.32. The number of aliphatic hydroxyl groups is 3. The molecule has 0 aliphatic heterocycles. The van der Waals surface area contributed by atoms with Crippen molar-refractivity contribution in [2.24, 2.45) is 0 Å². The van der Waals surface area contributed by atoms with Gasteiger partial charge in [0.25, 0.3) is 0 Å². The van der Waals surface area contributed by atoms with E-state index in [4.69, 9.17) is 10.2 Å². The molecule has 0 amide bonds. The topological polar surface area (TPSA) is 98.0 Å². The van der Waals surface area contributed by atoms with Gasteiger partial charge in [-0.05, 0) is 44.9 Å². The lowest BCUT2D eigenvalue weighted by Gasteiger charge is -2.16. The third-order valence-electron chi connectivity index (χ3n) is 3.56. The van der Waals surface area contributed by atoms with Crippen molar-refractivity contribution in [3.05, 3.63) is 48.6 Å². The average Bonchev–Trinajstić information content (AvgIpc) is 2.59. The first-order chi connectivity index (χ1) is 12.0. The maximum absolute atomic E-state index is 10.5. The van der Waals surface area contributed by atoms with Gasteiger partial charge >= 0.3 is 5.97 Å². The zero-order chi connectivity index (χ0) is 18.9. The number of rotatable bonds is 14. The van der Waals surface area contributed by atoms with E-state index in [1.807, 2.05) is 12.2 Å². The summed E-state index contributed by atoms with van der Waals surface area (Å²) < 4.78 is 0. The van der Waals surface area contributed by atoms with Gasteiger partial charge in [0.1, 0.15) is 0 Å². The third kappa shape index (κ3) is 14.4. The Hall–Kier alpha value is -1.69. The lowest BCUT2D eigenvalue weighted by Crippen LogP contribution is -2.28. The summed E-state index contributed by atoms with van der Waals surface area (Å²) in [6, 6.07) is 0. The minimum absolute atomic E-state index is 0.0438. The van der Waals surface area contributed by atoms with Gasteiger partial charge in [0.15, 0.2) is 6.10 Å². The highest BCUT2D eigenvalue weighted by atomic mass is 16.4. The van der Waals surface area contributed by atoms with Gasteiger partial charge in [0.2, 0.25) is 0 Å². The van der Waals surface area contributed by atoms with E-state index in [2.05, 4.69) is 37.3 Å². The molecule has 0 rings (SSSR count). The van der Waals surface area contributed by atoms with E-state index in [0.29, 0.717) is 6.42 Å². The highest BCUT2D eigenvalue weighted by molar-refractivity contribution is 5.71. The quantitative estimate of drug-likeness (QED) is 0.360. The summed E-state index contributed by atoms with van der Waals surface area (Å²) in [5, 5.41) is 37.1. The molecule has 0 aliphatic rings. The van der Waals surface area contributed by atoms with Crippen LogP contribution in [-0.2, 0) is 4.79 Å². The lowest BCUT2D eigenvalue weighted by molar-refractivity contribution is -0.147. The van der Waals surface area contributed by atoms with Crippen LogP contribution in [0.2, 0.25) is 0 Å². The molecule has 0 spiro atoms. The summed E-state index contributed by atoms with van der Waals surface area (Å²) >= 11 is 0. The van der Waals surface area contributed by atoms with Crippen LogP contribution in [0.15, 0.2) is 48.6 Å². The number of aliphatic hydroxyl groups excluding tert-OH is 3. The molecule has 4 N–H and O–H groups in total. The van der Waals surface area contributed by atoms with Gasteiger partial charge in [0.05, 0.1) is 12.2 Å². The van der Waals surface area contributed by atoms with Crippen LogP contribution in [0.5, 0.6) is 0 Å². The minimum atomic E-state index is -1.50. The van der Waals surface area contributed by atoms with Crippen LogP contribution in [0.1, 0.15) is 51.9 Å². The molecule has 3 unspecified atom stereocenters. The largest absolute Gasteiger partial charge is 0.479 e. The summed E-state index contributed by atoms with van der Waals surface area (Å²) in [6.45, 7) is 2.11. The number of hydrogen-bond donors (Lipinski definition) is 4. The number of carboxylic acid groups (broad SMARTS) is 1. The molecule has 0 saturated carbocycles. The van der Waals surface area contributed by atoms with E-state index in [9.17, 15) is 15.0 Å². The van der Waals surface area contributed by atoms with Crippen LogP contribution in [0.4, 0.5) is 0 Å². The molecule has 0 aromatic rings. The van der Waals surface area contributed by atoms with Gasteiger partial charge in [-0.25, -0.2) is 4.79 Å². The van der Waals surface area contributed by atoms with Crippen LogP contribution in [0.25, 0.3) is 0 Å². The van der Waals surface area contributed by atoms with Crippen molar-refractivity contribution >= 4 is 5.97 Å². The number of aliphatic carboxylic acids is 1. The van der Waals surface area contributed by atoms with Gasteiger partial charge in [-0.1, -0.05) is 55.5 Å². The van der Waals surface area contributed by atoms with Gasteiger partial charge in [-0.2, -0.15) is 0 Å². The van der Waals surface area contributed by atoms with Crippen molar-refractivity contribution in [2.75, 3.05) is 0 Å². The molecule has 0 aromatic carbocycles. The van der Waals surface area contributed by atoms with Crippen LogP contribution in [0.3, 0.4) is 0 Å². The first-order valence-electron chi connectivity index (χ1n) is 8.86. The highest BCUT2D eigenvalue weighted by Gasteiger charge is 2.19. The summed E-state index contributed by atoms with van der Waals surface area (Å²) in [5.41, 5.74) is 0. The Kier molecular flexibility index (Phi) is 14.7. The van der Waals surface area contributed by atoms with E-state index in [1.165, 1.54) is 0 Å². The zero-order valence-corrected chi connectivity index (χ0v) is 15.0. The minimum Gasteiger partial charge on any atom is -0.479 e. The Morgan fingerprint density at radius 3 is 1.72 bits per heavy atom. The Morgan fingerprint density at radius 1 is 0.760 bits per heavy atom. The summed E-state index contributed by atoms with van der Waals surface area (Å²) in [7, 11) is 0. The Morgan fingerprint density at radius 2 is 1.24 bits per heavy atom. The molecular weight excluding hydrogens is 320 g/mol. The molecule has 0 bridgehead atoms. The van der Waals surface area contributed by atoms with Gasteiger partial charge in [-0.3, -0.25) is 0 Å². The number of carboxylic acids is 1. The second kappa shape index (κ2) is 15.8. The monoisotopic (exact) mass is 352 g/mol. The molecule has 142 valence electrons. The molecular formula is C20H32O5. The van der Waals surface area contributed by atoms with Crippen molar-refractivity contribution in [1.82, 2.24) is 0 Å². The smallest absolute Gasteiger partial charge is 0.332 e. The second-order valence-corrected chi connectivity index (χ2v) is 5.80. The molecule has 0 aliphatic carbocycles. The maximum Gasteiger partial charge on any atom is 0.332 e. The molecule has 5 nitrogen and oxygen atoms in total. The van der Waals surface area contributed by atoms with Crippen molar-refractivity contribution in [3.63, 3.8) is 0 Å². The highest BCUT2D eigenvalue weighted by Crippen LogP contribution is 2.09. The lowest BCUT2D eigenvalue weighted by atomic mass is 10.0. The molecule has 0 fully saturated rings. The Labute approximate surface area is 150 Å². The van der Waals surface area contributed by atoms with E-state index in [0.717, 1.165) is 25.7 Å². The van der Waals surface area contributed by atoms with E-state index in [-0.39, 0.29) is 12.8 Å². The van der Waals surface area contributed by atoms with Crippen LogP contribution in [0, 0.1) is 0 Å². The summed E-state index contributed by atoms with van der Waals surface area (Å²) in [6.07, 6.45) is 16.8. The fraction of sp³-hybridized carbons (Fsp3) is 0.550. The molecule has 25 heavy (non-hydrogen) atoms. The van der Waals surface area contributed by atoms with E-state index < -0.39 is 24.3 Å². The molecule has 3 atom stereocenters. The van der Waals surface area contributed by atoms with Crippen LogP contribution in [-0.4, -0.2) is 44.7 Å². The van der Waals surface area contributed by atoms with Crippen molar-refractivity contribution in [3.8, 4) is 0 Å². The maximum atomic E-state index is 10.5. The number of hydrogen-bond acceptors (Lipinski definition) is 4. The predicted molar refractivity (Wildman–Crippen MR) is 100 cm³/mol. The fourth-order valence-electron chi connectivity index (χ4n) is 2.02. The van der Waals surface area contributed by atoms with Gasteiger partial charge in [0, 0.05) is 0 Å². The van der Waals surface area contributed by atoms with E-state index >= 15 is 0 Å². The second-order valence-electron chi connectivity index (χ2n) is 5.80. The third-order valence-corrected chi connectivity index (χ3v) is 3.56. The van der Waals surface area contributed by atoms with Crippen molar-refractivity contribution in [1.29, 1.82) is 0 Å². The Balaban J connectivity index is 3.80. The van der Waals surface area contributed by atoms with Crippen molar-refractivity contribution < 1.29 is 25.2 Å². The Bertz CT molecular complexity index is 451. The number of allylic oxidation sites excluding steroid dienone is 7. The summed E-state index contributed by atoms with van der Waals surface area (Å²) in [4.78, 5) is 10.5. The van der Waals surface area contributed by atoms with Crippen LogP contribution >= 0.6 is 0 Å².